The molecule has 0 bridgehead atoms. The first-order chi connectivity index (χ1) is 13.7. The average Bonchev–Trinajstić information content (AvgIpc) is 3.14. The van der Waals surface area contributed by atoms with Gasteiger partial charge in [0.2, 0.25) is 5.88 Å². The van der Waals surface area contributed by atoms with Crippen molar-refractivity contribution in [2.24, 2.45) is 0 Å². The Balaban J connectivity index is 1.72. The van der Waals surface area contributed by atoms with E-state index in [0.29, 0.717) is 22.8 Å². The summed E-state index contributed by atoms with van der Waals surface area (Å²) in [6, 6.07) is 20.3. The van der Waals surface area contributed by atoms with E-state index in [2.05, 4.69) is 10.3 Å². The van der Waals surface area contributed by atoms with Crippen LogP contribution in [0.5, 0.6) is 5.88 Å². The number of methoxy groups -OCH3 is 1. The zero-order valence-corrected chi connectivity index (χ0v) is 15.1. The number of ether oxygens (including phenoxy) is 1. The van der Waals surface area contributed by atoms with Crippen LogP contribution in [0.25, 0.3) is 16.6 Å². The lowest BCUT2D eigenvalue weighted by atomic mass is 10.0. The Morgan fingerprint density at radius 1 is 1.00 bits per heavy atom. The van der Waals surface area contributed by atoms with Crippen LogP contribution >= 0.6 is 0 Å². The lowest BCUT2D eigenvalue weighted by Gasteiger charge is -2.08. The molecule has 4 aromatic rings. The number of carbonyl (C=O) groups is 2. The van der Waals surface area contributed by atoms with E-state index >= 15 is 0 Å². The minimum atomic E-state index is -0.729. The molecular weight excluding hydrogens is 354 g/mol. The van der Waals surface area contributed by atoms with Gasteiger partial charge in [-0.25, -0.2) is 4.98 Å². The highest BCUT2D eigenvalue weighted by Gasteiger charge is 2.24. The summed E-state index contributed by atoms with van der Waals surface area (Å²) < 4.78 is 6.73. The number of nitrogens with zero attached hydrogens (tertiary/aromatic N) is 2. The number of hydrogen-bond acceptors (Lipinski definition) is 4. The lowest BCUT2D eigenvalue weighted by Crippen LogP contribution is -2.24. The number of rotatable bonds is 5. The number of carbonyl (C=O) groups excluding carboxylic acids is 2. The van der Waals surface area contributed by atoms with Gasteiger partial charge in [-0.1, -0.05) is 36.4 Å². The van der Waals surface area contributed by atoms with Crippen molar-refractivity contribution in [3.63, 3.8) is 0 Å². The number of amides is 1. The van der Waals surface area contributed by atoms with E-state index in [1.54, 1.807) is 22.7 Å². The first-order valence-electron chi connectivity index (χ1n) is 8.68. The van der Waals surface area contributed by atoms with E-state index in [9.17, 15) is 9.59 Å². The number of fused-ring (bicyclic) bond motifs is 1. The fraction of sp³-hybridized carbons (Fsp3) is 0.0455. The van der Waals surface area contributed by atoms with Crippen molar-refractivity contribution in [1.29, 1.82) is 0 Å². The Morgan fingerprint density at radius 2 is 1.79 bits per heavy atom. The molecule has 0 aliphatic carbocycles. The third-order valence-corrected chi connectivity index (χ3v) is 4.39. The van der Waals surface area contributed by atoms with Gasteiger partial charge >= 0.3 is 0 Å². The summed E-state index contributed by atoms with van der Waals surface area (Å²) in [5.74, 6) is -0.929. The van der Waals surface area contributed by atoms with Gasteiger partial charge in [-0.2, -0.15) is 0 Å². The fourth-order valence-electron chi connectivity index (χ4n) is 3.06. The van der Waals surface area contributed by atoms with Crippen LogP contribution in [0.3, 0.4) is 0 Å². The van der Waals surface area contributed by atoms with E-state index in [1.807, 2.05) is 54.6 Å². The number of benzene rings is 1. The minimum absolute atomic E-state index is 0.320. The highest BCUT2D eigenvalue weighted by molar-refractivity contribution is 6.47. The number of ketones is 1. The Bertz CT molecular complexity index is 1150. The van der Waals surface area contributed by atoms with Crippen LogP contribution in [0.4, 0.5) is 5.69 Å². The molecule has 0 spiro atoms. The van der Waals surface area contributed by atoms with Crippen LogP contribution in [0, 0.1) is 0 Å². The number of anilines is 1. The number of hydrogen-bond donors (Lipinski definition) is 1. The zero-order chi connectivity index (χ0) is 19.5. The Hall–Kier alpha value is -3.93. The second-order valence-corrected chi connectivity index (χ2v) is 6.14. The second kappa shape index (κ2) is 7.36. The molecule has 1 N–H and O–H groups in total. The van der Waals surface area contributed by atoms with E-state index in [0.717, 1.165) is 11.1 Å². The third-order valence-electron chi connectivity index (χ3n) is 4.39. The largest absolute Gasteiger partial charge is 0.481 e. The first kappa shape index (κ1) is 17.5. The molecule has 0 aliphatic rings. The Labute approximate surface area is 161 Å². The standard InChI is InChI=1S/C22H17N3O3/c1-28-19-11-10-16(14-23-19)24-22(27)21(26)20-18(15-7-3-2-4-8-15)13-17-9-5-6-12-25(17)20/h2-14H,1H3,(H,24,27). The van der Waals surface area contributed by atoms with Crippen molar-refractivity contribution < 1.29 is 14.3 Å². The summed E-state index contributed by atoms with van der Waals surface area (Å²) in [4.78, 5) is 29.8. The molecule has 28 heavy (non-hydrogen) atoms. The maximum absolute atomic E-state index is 13.1. The van der Waals surface area contributed by atoms with Crippen LogP contribution in [0.1, 0.15) is 10.5 Å². The van der Waals surface area contributed by atoms with Gasteiger partial charge in [-0.05, 0) is 29.8 Å². The maximum Gasteiger partial charge on any atom is 0.298 e. The lowest BCUT2D eigenvalue weighted by molar-refractivity contribution is -0.112. The second-order valence-electron chi connectivity index (χ2n) is 6.14. The molecule has 0 atom stereocenters. The van der Waals surface area contributed by atoms with Gasteiger partial charge in [0.05, 0.1) is 19.0 Å². The Morgan fingerprint density at radius 3 is 2.50 bits per heavy atom. The summed E-state index contributed by atoms with van der Waals surface area (Å²) in [5, 5.41) is 2.60. The molecule has 0 unspecified atom stereocenters. The number of aromatic nitrogens is 2. The predicted octanol–water partition coefficient (Wildman–Crippen LogP) is 3.83. The number of pyridine rings is 2. The molecule has 3 heterocycles. The van der Waals surface area contributed by atoms with Crippen LogP contribution < -0.4 is 10.1 Å². The first-order valence-corrected chi connectivity index (χ1v) is 8.68. The van der Waals surface area contributed by atoms with Crippen molar-refractivity contribution in [3.8, 4) is 17.0 Å². The molecule has 3 aromatic heterocycles. The third kappa shape index (κ3) is 3.23. The summed E-state index contributed by atoms with van der Waals surface area (Å²) in [6.07, 6.45) is 3.22. The van der Waals surface area contributed by atoms with Crippen molar-refractivity contribution in [2.45, 2.75) is 0 Å². The average molecular weight is 371 g/mol. The molecule has 0 aliphatic heterocycles. The van der Waals surface area contributed by atoms with Crippen LogP contribution in [-0.4, -0.2) is 28.2 Å². The normalized spacial score (nSPS) is 10.6. The molecular formula is C22H17N3O3. The number of Topliss-reactive ketones (excluding diaryl/α,β-unsaturated/α-hetero) is 1. The molecule has 4 rings (SSSR count). The van der Waals surface area contributed by atoms with Crippen LogP contribution in [0.2, 0.25) is 0 Å². The van der Waals surface area contributed by atoms with Crippen LogP contribution in [0.15, 0.2) is 79.1 Å². The van der Waals surface area contributed by atoms with E-state index in [4.69, 9.17) is 4.74 Å². The predicted molar refractivity (Wildman–Crippen MR) is 107 cm³/mol. The van der Waals surface area contributed by atoms with Crippen molar-refractivity contribution in [1.82, 2.24) is 9.38 Å². The smallest absolute Gasteiger partial charge is 0.298 e. The zero-order valence-electron chi connectivity index (χ0n) is 15.1. The highest BCUT2D eigenvalue weighted by atomic mass is 16.5. The van der Waals surface area contributed by atoms with Crippen molar-refractivity contribution >= 4 is 22.9 Å². The Kier molecular flexibility index (Phi) is 4.60. The van der Waals surface area contributed by atoms with Gasteiger partial charge in [-0.3, -0.25) is 9.59 Å². The fourth-order valence-corrected chi connectivity index (χ4v) is 3.06. The SMILES string of the molecule is COc1ccc(NC(=O)C(=O)c2c(-c3ccccc3)cc3ccccn23)cn1. The monoisotopic (exact) mass is 371 g/mol. The summed E-state index contributed by atoms with van der Waals surface area (Å²) in [6.45, 7) is 0. The molecule has 0 fully saturated rings. The van der Waals surface area contributed by atoms with Crippen molar-refractivity contribution in [2.75, 3.05) is 12.4 Å². The van der Waals surface area contributed by atoms with Gasteiger partial charge in [0.1, 0.15) is 5.69 Å². The summed E-state index contributed by atoms with van der Waals surface area (Å²) in [7, 11) is 1.51. The number of nitrogens with one attached hydrogen (secondary N) is 1. The molecule has 6 heteroatoms. The van der Waals surface area contributed by atoms with E-state index in [1.165, 1.54) is 13.3 Å². The summed E-state index contributed by atoms with van der Waals surface area (Å²) >= 11 is 0. The van der Waals surface area contributed by atoms with Gasteiger partial charge in [-0.15, -0.1) is 0 Å². The molecule has 6 nitrogen and oxygen atoms in total. The minimum Gasteiger partial charge on any atom is -0.481 e. The van der Waals surface area contributed by atoms with E-state index < -0.39 is 11.7 Å². The van der Waals surface area contributed by atoms with Gasteiger partial charge in [0.15, 0.2) is 0 Å². The van der Waals surface area contributed by atoms with Crippen LogP contribution in [-0.2, 0) is 4.79 Å². The van der Waals surface area contributed by atoms with E-state index in [-0.39, 0.29) is 0 Å². The molecule has 0 saturated carbocycles. The van der Waals surface area contributed by atoms with Gasteiger partial charge in [0, 0.05) is 23.3 Å². The summed E-state index contributed by atoms with van der Waals surface area (Å²) in [5.41, 5.74) is 3.15. The molecule has 1 amide bonds. The topological polar surface area (TPSA) is 72.7 Å². The molecule has 0 radical (unpaired) electrons. The van der Waals surface area contributed by atoms with Gasteiger partial charge < -0.3 is 14.5 Å². The highest BCUT2D eigenvalue weighted by Crippen LogP contribution is 2.28. The maximum atomic E-state index is 13.1. The quantitative estimate of drug-likeness (QED) is 0.427. The molecule has 0 saturated heterocycles. The molecule has 1 aromatic carbocycles. The van der Waals surface area contributed by atoms with Gasteiger partial charge in [0.25, 0.3) is 11.7 Å². The molecule has 138 valence electrons. The van der Waals surface area contributed by atoms with Crippen molar-refractivity contribution in [3.05, 3.63) is 84.8 Å².